The monoisotopic (exact) mass is 338 g/mol. The molecular formula is C16H19ClN2O2S. The van der Waals surface area contributed by atoms with Gasteiger partial charge in [-0.15, -0.1) is 11.3 Å². The molecule has 2 heterocycles. The van der Waals surface area contributed by atoms with E-state index in [4.69, 9.17) is 16.3 Å². The fourth-order valence-corrected chi connectivity index (χ4v) is 4.21. The van der Waals surface area contributed by atoms with Crippen molar-refractivity contribution in [2.45, 2.75) is 19.6 Å². The maximum Gasteiger partial charge on any atom is 0.216 e. The van der Waals surface area contributed by atoms with Crippen LogP contribution in [0.1, 0.15) is 11.8 Å². The van der Waals surface area contributed by atoms with Gasteiger partial charge in [-0.25, -0.2) is 0 Å². The quantitative estimate of drug-likeness (QED) is 0.932. The lowest BCUT2D eigenvalue weighted by Gasteiger charge is -2.32. The molecule has 1 fully saturated rings. The van der Waals surface area contributed by atoms with Gasteiger partial charge in [-0.1, -0.05) is 29.8 Å². The number of halogens is 1. The molecule has 0 saturated carbocycles. The fraction of sp³-hybridized carbons (Fsp3) is 0.438. The third-order valence-electron chi connectivity index (χ3n) is 3.77. The molecule has 1 N–H and O–H groups in total. The van der Waals surface area contributed by atoms with Crippen molar-refractivity contribution in [1.82, 2.24) is 10.2 Å². The molecule has 1 aliphatic heterocycles. The number of rotatable bonds is 4. The average Bonchev–Trinajstić information content (AvgIpc) is 2.82. The maximum absolute atomic E-state index is 11.0. The first-order valence-corrected chi connectivity index (χ1v) is 8.57. The molecule has 1 unspecified atom stereocenters. The average molecular weight is 339 g/mol. The summed E-state index contributed by atoms with van der Waals surface area (Å²) in [7, 11) is 0. The van der Waals surface area contributed by atoms with E-state index >= 15 is 0 Å². The van der Waals surface area contributed by atoms with Crippen LogP contribution >= 0.6 is 22.9 Å². The van der Waals surface area contributed by atoms with Crippen LogP contribution in [0.25, 0.3) is 10.1 Å². The van der Waals surface area contributed by atoms with E-state index in [9.17, 15) is 4.79 Å². The molecule has 1 aliphatic rings. The molecule has 118 valence electrons. The molecule has 3 rings (SSSR count). The summed E-state index contributed by atoms with van der Waals surface area (Å²) in [6, 6.07) is 8.23. The van der Waals surface area contributed by atoms with Crippen molar-refractivity contribution in [3.63, 3.8) is 0 Å². The Balaban J connectivity index is 1.66. The van der Waals surface area contributed by atoms with Gasteiger partial charge in [0, 0.05) is 48.1 Å². The van der Waals surface area contributed by atoms with Crippen molar-refractivity contribution in [3.8, 4) is 0 Å². The predicted octanol–water partition coefficient (Wildman–Crippen LogP) is 2.89. The van der Waals surface area contributed by atoms with Crippen LogP contribution in [0.5, 0.6) is 0 Å². The number of benzene rings is 1. The number of carbonyl (C=O) groups is 1. The minimum Gasteiger partial charge on any atom is -0.374 e. The molecule has 1 saturated heterocycles. The van der Waals surface area contributed by atoms with Gasteiger partial charge in [-0.2, -0.15) is 0 Å². The summed E-state index contributed by atoms with van der Waals surface area (Å²) in [5.74, 6) is -0.0201. The van der Waals surface area contributed by atoms with Crippen molar-refractivity contribution in [2.24, 2.45) is 0 Å². The van der Waals surface area contributed by atoms with E-state index in [1.165, 1.54) is 16.5 Å². The highest BCUT2D eigenvalue weighted by molar-refractivity contribution is 7.19. The minimum atomic E-state index is -0.0201. The van der Waals surface area contributed by atoms with Crippen LogP contribution in [0.15, 0.2) is 24.3 Å². The summed E-state index contributed by atoms with van der Waals surface area (Å²) < 4.78 is 6.93. The smallest absolute Gasteiger partial charge is 0.216 e. The summed E-state index contributed by atoms with van der Waals surface area (Å²) in [6.07, 6.45) is 0.0470. The lowest BCUT2D eigenvalue weighted by molar-refractivity contribution is -0.120. The molecule has 1 aromatic heterocycles. The van der Waals surface area contributed by atoms with Crippen LogP contribution in [0, 0.1) is 0 Å². The Morgan fingerprint density at radius 2 is 2.32 bits per heavy atom. The second-order valence-corrected chi connectivity index (χ2v) is 7.02. The Hall–Kier alpha value is -1.14. The molecule has 0 radical (unpaired) electrons. The number of thiophene rings is 1. The molecule has 0 aliphatic carbocycles. The second-order valence-electron chi connectivity index (χ2n) is 5.50. The Labute approximate surface area is 139 Å². The molecule has 0 spiro atoms. The Bertz CT molecular complexity index is 673. The topological polar surface area (TPSA) is 41.6 Å². The summed E-state index contributed by atoms with van der Waals surface area (Å²) in [4.78, 5) is 14.5. The van der Waals surface area contributed by atoms with Crippen molar-refractivity contribution >= 4 is 38.9 Å². The number of amides is 1. The number of hydrogen-bond acceptors (Lipinski definition) is 4. The zero-order valence-corrected chi connectivity index (χ0v) is 14.0. The Kier molecular flexibility index (Phi) is 4.98. The Morgan fingerprint density at radius 1 is 1.50 bits per heavy atom. The summed E-state index contributed by atoms with van der Waals surface area (Å²) in [5.41, 5.74) is 0. The third kappa shape index (κ3) is 3.60. The number of ether oxygens (including phenoxy) is 1. The van der Waals surface area contributed by atoms with Crippen molar-refractivity contribution < 1.29 is 9.53 Å². The van der Waals surface area contributed by atoms with E-state index < -0.39 is 0 Å². The largest absolute Gasteiger partial charge is 0.374 e. The highest BCUT2D eigenvalue weighted by Gasteiger charge is 2.22. The maximum atomic E-state index is 11.0. The van der Waals surface area contributed by atoms with E-state index in [0.717, 1.165) is 30.0 Å². The first-order chi connectivity index (χ1) is 10.6. The second kappa shape index (κ2) is 6.96. The number of hydrogen-bond donors (Lipinski definition) is 1. The normalized spacial score (nSPS) is 19.5. The molecule has 22 heavy (non-hydrogen) atoms. The van der Waals surface area contributed by atoms with Crippen LogP contribution in [-0.4, -0.2) is 43.2 Å². The number of morpholine rings is 1. The van der Waals surface area contributed by atoms with E-state index in [1.807, 2.05) is 12.1 Å². The van der Waals surface area contributed by atoms with Crippen molar-refractivity contribution in [2.75, 3.05) is 26.2 Å². The first-order valence-electron chi connectivity index (χ1n) is 7.38. The number of nitrogens with one attached hydrogen (secondary N) is 1. The molecule has 4 nitrogen and oxygen atoms in total. The third-order valence-corrected chi connectivity index (χ3v) is 5.47. The lowest BCUT2D eigenvalue weighted by Crippen LogP contribution is -2.46. The van der Waals surface area contributed by atoms with Crippen LogP contribution in [0.2, 0.25) is 5.02 Å². The van der Waals surface area contributed by atoms with Crippen LogP contribution in [0.3, 0.4) is 0 Å². The minimum absolute atomic E-state index is 0.0201. The first kappa shape index (κ1) is 15.7. The Morgan fingerprint density at radius 3 is 3.09 bits per heavy atom. The summed E-state index contributed by atoms with van der Waals surface area (Å²) in [6.45, 7) is 5.31. The van der Waals surface area contributed by atoms with Gasteiger partial charge in [0.05, 0.1) is 17.7 Å². The summed E-state index contributed by atoms with van der Waals surface area (Å²) in [5, 5.41) is 4.82. The molecule has 1 aromatic carbocycles. The van der Waals surface area contributed by atoms with Crippen molar-refractivity contribution in [1.29, 1.82) is 0 Å². The molecular weight excluding hydrogens is 320 g/mol. The predicted molar refractivity (Wildman–Crippen MR) is 90.5 cm³/mol. The fourth-order valence-electron chi connectivity index (χ4n) is 2.67. The van der Waals surface area contributed by atoms with E-state index in [1.54, 1.807) is 11.3 Å². The highest BCUT2D eigenvalue weighted by Crippen LogP contribution is 2.36. The summed E-state index contributed by atoms with van der Waals surface area (Å²) >= 11 is 8.26. The van der Waals surface area contributed by atoms with Gasteiger partial charge in [-0.3, -0.25) is 9.69 Å². The van der Waals surface area contributed by atoms with Crippen LogP contribution in [-0.2, 0) is 16.1 Å². The molecule has 0 bridgehead atoms. The van der Waals surface area contributed by atoms with Gasteiger partial charge in [0.15, 0.2) is 0 Å². The van der Waals surface area contributed by atoms with Gasteiger partial charge >= 0.3 is 0 Å². The molecule has 6 heteroatoms. The highest BCUT2D eigenvalue weighted by atomic mass is 35.5. The van der Waals surface area contributed by atoms with Gasteiger partial charge in [0.2, 0.25) is 5.91 Å². The van der Waals surface area contributed by atoms with Crippen LogP contribution < -0.4 is 5.32 Å². The number of fused-ring (bicyclic) bond motifs is 1. The molecule has 2 aromatic rings. The SMILES string of the molecule is CC(=O)NCC1CN(Cc2sc3ccccc3c2Cl)CCO1. The van der Waals surface area contributed by atoms with Gasteiger partial charge in [0.1, 0.15) is 0 Å². The number of carbonyl (C=O) groups excluding carboxylic acids is 1. The van der Waals surface area contributed by atoms with Gasteiger partial charge < -0.3 is 10.1 Å². The van der Waals surface area contributed by atoms with Gasteiger partial charge in [-0.05, 0) is 6.07 Å². The van der Waals surface area contributed by atoms with Crippen molar-refractivity contribution in [3.05, 3.63) is 34.2 Å². The van der Waals surface area contributed by atoms with E-state index in [2.05, 4.69) is 22.3 Å². The molecule has 1 atom stereocenters. The zero-order chi connectivity index (χ0) is 15.5. The number of nitrogens with zero attached hydrogens (tertiary/aromatic N) is 1. The standard InChI is InChI=1S/C16H19ClN2O2S/c1-11(20)18-8-12-9-19(6-7-21-12)10-15-16(17)13-4-2-3-5-14(13)22-15/h2-5,12H,6-10H2,1H3,(H,18,20). The van der Waals surface area contributed by atoms with E-state index in [0.29, 0.717) is 13.2 Å². The van der Waals surface area contributed by atoms with Crippen LogP contribution in [0.4, 0.5) is 0 Å². The van der Waals surface area contributed by atoms with Gasteiger partial charge in [0.25, 0.3) is 0 Å². The zero-order valence-electron chi connectivity index (χ0n) is 12.5. The molecule has 1 amide bonds. The van der Waals surface area contributed by atoms with E-state index in [-0.39, 0.29) is 12.0 Å². The lowest BCUT2D eigenvalue weighted by atomic mass is 10.2.